The van der Waals surface area contributed by atoms with E-state index in [1.54, 1.807) is 11.7 Å². The lowest BCUT2D eigenvalue weighted by Gasteiger charge is -2.21. The summed E-state index contributed by atoms with van der Waals surface area (Å²) >= 11 is 0. The number of rotatable bonds is 4. The number of nitrogens with zero attached hydrogens (tertiary/aromatic N) is 2. The third kappa shape index (κ3) is 3.49. The van der Waals surface area contributed by atoms with Crippen LogP contribution in [0.3, 0.4) is 0 Å². The Morgan fingerprint density at radius 2 is 2.11 bits per heavy atom. The van der Waals surface area contributed by atoms with Gasteiger partial charge in [-0.2, -0.15) is 5.10 Å². The molecule has 0 aromatic carbocycles. The van der Waals surface area contributed by atoms with Crippen molar-refractivity contribution in [2.24, 2.45) is 13.0 Å². The first-order valence-corrected chi connectivity index (χ1v) is 7.17. The van der Waals surface area contributed by atoms with Crippen molar-refractivity contribution >= 4 is 17.4 Å². The monoisotopic (exact) mass is 264 g/mol. The first kappa shape index (κ1) is 13.9. The van der Waals surface area contributed by atoms with E-state index in [1.165, 1.54) is 32.1 Å². The summed E-state index contributed by atoms with van der Waals surface area (Å²) in [6.45, 7) is 1.84. The van der Waals surface area contributed by atoms with Gasteiger partial charge in [-0.3, -0.25) is 9.48 Å². The van der Waals surface area contributed by atoms with Crippen LogP contribution in [0, 0.1) is 12.8 Å². The Hall–Kier alpha value is -1.52. The number of anilines is 2. The van der Waals surface area contributed by atoms with Gasteiger partial charge in [-0.25, -0.2) is 0 Å². The van der Waals surface area contributed by atoms with Gasteiger partial charge >= 0.3 is 0 Å². The van der Waals surface area contributed by atoms with Gasteiger partial charge < -0.3 is 11.1 Å². The summed E-state index contributed by atoms with van der Waals surface area (Å²) in [7, 11) is 1.79. The molecule has 1 aromatic rings. The fraction of sp³-hybridized carbons (Fsp3) is 0.714. The quantitative estimate of drug-likeness (QED) is 0.878. The highest BCUT2D eigenvalue weighted by atomic mass is 16.1. The summed E-state index contributed by atoms with van der Waals surface area (Å²) in [6, 6.07) is 0. The van der Waals surface area contributed by atoms with Crippen molar-refractivity contribution < 1.29 is 4.79 Å². The van der Waals surface area contributed by atoms with Gasteiger partial charge in [0, 0.05) is 13.5 Å². The summed E-state index contributed by atoms with van der Waals surface area (Å²) in [5.74, 6) is 1.39. The first-order chi connectivity index (χ1) is 9.08. The van der Waals surface area contributed by atoms with Crippen molar-refractivity contribution in [3.8, 4) is 0 Å². The predicted molar refractivity (Wildman–Crippen MR) is 76.8 cm³/mol. The van der Waals surface area contributed by atoms with E-state index >= 15 is 0 Å². The molecular formula is C14H24N4O. The lowest BCUT2D eigenvalue weighted by atomic mass is 9.86. The fourth-order valence-electron chi connectivity index (χ4n) is 2.83. The minimum absolute atomic E-state index is 0.0419. The smallest absolute Gasteiger partial charge is 0.225 e. The predicted octanol–water partition coefficient (Wildman–Crippen LogP) is 2.61. The molecule has 1 fully saturated rings. The lowest BCUT2D eigenvalue weighted by molar-refractivity contribution is -0.116. The summed E-state index contributed by atoms with van der Waals surface area (Å²) in [5, 5.41) is 7.07. The van der Waals surface area contributed by atoms with E-state index in [0.717, 1.165) is 18.0 Å². The second-order valence-electron chi connectivity index (χ2n) is 5.56. The molecule has 1 amide bonds. The molecule has 0 unspecified atom stereocenters. The van der Waals surface area contributed by atoms with Crippen LogP contribution in [0.5, 0.6) is 0 Å². The van der Waals surface area contributed by atoms with E-state index in [2.05, 4.69) is 10.4 Å². The molecule has 0 aliphatic heterocycles. The number of hydrogen-bond acceptors (Lipinski definition) is 3. The van der Waals surface area contributed by atoms with Crippen LogP contribution in [0.2, 0.25) is 0 Å². The van der Waals surface area contributed by atoms with Crippen LogP contribution in [-0.2, 0) is 11.8 Å². The fourth-order valence-corrected chi connectivity index (χ4v) is 2.83. The van der Waals surface area contributed by atoms with Crippen LogP contribution in [0.1, 0.15) is 50.6 Å². The number of nitrogens with one attached hydrogen (secondary N) is 1. The first-order valence-electron chi connectivity index (χ1n) is 7.17. The number of carbonyl (C=O) groups is 1. The molecule has 5 nitrogen and oxygen atoms in total. The van der Waals surface area contributed by atoms with E-state index in [0.29, 0.717) is 17.9 Å². The Bertz CT molecular complexity index is 447. The van der Waals surface area contributed by atoms with Crippen molar-refractivity contribution in [2.75, 3.05) is 11.1 Å². The van der Waals surface area contributed by atoms with Gasteiger partial charge in [-0.15, -0.1) is 0 Å². The topological polar surface area (TPSA) is 72.9 Å². The van der Waals surface area contributed by atoms with Crippen LogP contribution in [0.4, 0.5) is 11.5 Å². The maximum absolute atomic E-state index is 12.0. The minimum atomic E-state index is 0.0419. The van der Waals surface area contributed by atoms with Crippen LogP contribution >= 0.6 is 0 Å². The maximum Gasteiger partial charge on any atom is 0.225 e. The Balaban J connectivity index is 1.83. The lowest BCUT2D eigenvalue weighted by Crippen LogP contribution is -2.17. The minimum Gasteiger partial charge on any atom is -0.394 e. The molecule has 106 valence electrons. The summed E-state index contributed by atoms with van der Waals surface area (Å²) in [5.41, 5.74) is 7.21. The van der Waals surface area contributed by atoms with Crippen molar-refractivity contribution in [3.05, 3.63) is 5.69 Å². The third-order valence-corrected chi connectivity index (χ3v) is 4.03. The van der Waals surface area contributed by atoms with Gasteiger partial charge in [-0.05, 0) is 19.3 Å². The number of hydrogen-bond donors (Lipinski definition) is 2. The highest BCUT2D eigenvalue weighted by Crippen LogP contribution is 2.27. The second-order valence-corrected chi connectivity index (χ2v) is 5.56. The second kappa shape index (κ2) is 6.08. The number of carbonyl (C=O) groups excluding carboxylic acids is 1. The number of aromatic nitrogens is 2. The van der Waals surface area contributed by atoms with Gasteiger partial charge in [0.05, 0.1) is 11.4 Å². The standard InChI is InChI=1S/C14H24N4O/c1-10-13(15)14(18(2)17-10)16-12(19)9-8-11-6-4-3-5-7-11/h11H,3-9,15H2,1-2H3,(H,16,19). The number of nitrogens with two attached hydrogens (primary N) is 1. The average Bonchev–Trinajstić information content (AvgIpc) is 2.64. The SMILES string of the molecule is Cc1nn(C)c(NC(=O)CCC2CCCCC2)c1N. The molecular weight excluding hydrogens is 240 g/mol. The van der Waals surface area contributed by atoms with Gasteiger partial charge in [0.2, 0.25) is 5.91 Å². The van der Waals surface area contributed by atoms with Crippen LogP contribution < -0.4 is 11.1 Å². The molecule has 0 radical (unpaired) electrons. The van der Waals surface area contributed by atoms with Crippen molar-refractivity contribution in [1.29, 1.82) is 0 Å². The highest BCUT2D eigenvalue weighted by Gasteiger charge is 2.17. The van der Waals surface area contributed by atoms with E-state index < -0.39 is 0 Å². The largest absolute Gasteiger partial charge is 0.394 e. The van der Waals surface area contributed by atoms with E-state index in [4.69, 9.17) is 5.73 Å². The zero-order valence-corrected chi connectivity index (χ0v) is 11.9. The molecule has 3 N–H and O–H groups in total. The van der Waals surface area contributed by atoms with Crippen molar-refractivity contribution in [2.45, 2.75) is 51.9 Å². The van der Waals surface area contributed by atoms with E-state index in [-0.39, 0.29) is 5.91 Å². The zero-order valence-electron chi connectivity index (χ0n) is 11.9. The normalized spacial score (nSPS) is 16.5. The van der Waals surface area contributed by atoms with E-state index in [9.17, 15) is 4.79 Å². The third-order valence-electron chi connectivity index (χ3n) is 4.03. The van der Waals surface area contributed by atoms with Gasteiger partial charge in [0.25, 0.3) is 0 Å². The summed E-state index contributed by atoms with van der Waals surface area (Å²) in [4.78, 5) is 12.0. The van der Waals surface area contributed by atoms with E-state index in [1.807, 2.05) is 6.92 Å². The van der Waals surface area contributed by atoms with Crippen molar-refractivity contribution in [3.63, 3.8) is 0 Å². The Morgan fingerprint density at radius 3 is 2.68 bits per heavy atom. The molecule has 1 aromatic heterocycles. The molecule has 19 heavy (non-hydrogen) atoms. The molecule has 1 aliphatic rings. The molecule has 0 saturated heterocycles. The van der Waals surface area contributed by atoms with Gasteiger partial charge in [0.1, 0.15) is 0 Å². The molecule has 5 heteroatoms. The van der Waals surface area contributed by atoms with Gasteiger partial charge in [-0.1, -0.05) is 32.1 Å². The number of aryl methyl sites for hydroxylation is 2. The molecule has 2 rings (SSSR count). The molecule has 0 atom stereocenters. The molecule has 1 heterocycles. The highest BCUT2D eigenvalue weighted by molar-refractivity contribution is 5.92. The molecule has 0 spiro atoms. The molecule has 0 bridgehead atoms. The van der Waals surface area contributed by atoms with Crippen LogP contribution in [0.25, 0.3) is 0 Å². The summed E-state index contributed by atoms with van der Waals surface area (Å²) in [6.07, 6.45) is 8.12. The molecule has 1 aliphatic carbocycles. The Kier molecular flexibility index (Phi) is 4.45. The maximum atomic E-state index is 12.0. The summed E-state index contributed by atoms with van der Waals surface area (Å²) < 4.78 is 1.63. The number of amides is 1. The Morgan fingerprint density at radius 1 is 1.42 bits per heavy atom. The average molecular weight is 264 g/mol. The van der Waals surface area contributed by atoms with Crippen LogP contribution in [0.15, 0.2) is 0 Å². The molecule has 1 saturated carbocycles. The van der Waals surface area contributed by atoms with Crippen LogP contribution in [-0.4, -0.2) is 15.7 Å². The van der Waals surface area contributed by atoms with Crippen molar-refractivity contribution in [1.82, 2.24) is 9.78 Å². The number of nitrogen functional groups attached to an aromatic ring is 1. The Labute approximate surface area is 114 Å². The van der Waals surface area contributed by atoms with Gasteiger partial charge in [0.15, 0.2) is 5.82 Å². The zero-order chi connectivity index (χ0) is 13.8.